The molecular formula is C15H25ClN2O2. The third-order valence-corrected chi connectivity index (χ3v) is 3.36. The van der Waals surface area contributed by atoms with Gasteiger partial charge in [0.15, 0.2) is 0 Å². The Kier molecular flexibility index (Phi) is 8.62. The summed E-state index contributed by atoms with van der Waals surface area (Å²) < 4.78 is 11.0. The zero-order chi connectivity index (χ0) is 14.8. The van der Waals surface area contributed by atoms with Crippen LogP contribution < -0.4 is 10.5 Å². The summed E-state index contributed by atoms with van der Waals surface area (Å²) in [6.45, 7) is 7.44. The Morgan fingerprint density at radius 3 is 2.65 bits per heavy atom. The second kappa shape index (κ2) is 10.00. The zero-order valence-corrected chi connectivity index (χ0v) is 13.2. The highest BCUT2D eigenvalue weighted by molar-refractivity contribution is 6.30. The number of halogens is 1. The highest BCUT2D eigenvalue weighted by Crippen LogP contribution is 2.23. The maximum atomic E-state index is 6.05. The van der Waals surface area contributed by atoms with Gasteiger partial charge in [-0.05, 0) is 44.2 Å². The van der Waals surface area contributed by atoms with Crippen molar-refractivity contribution in [3.05, 3.63) is 28.8 Å². The minimum atomic E-state index is 0.687. The van der Waals surface area contributed by atoms with Crippen molar-refractivity contribution in [1.29, 1.82) is 0 Å². The van der Waals surface area contributed by atoms with Crippen molar-refractivity contribution < 1.29 is 9.47 Å². The average molecular weight is 301 g/mol. The molecule has 0 bridgehead atoms. The lowest BCUT2D eigenvalue weighted by Gasteiger charge is -2.26. The number of rotatable bonds is 5. The van der Waals surface area contributed by atoms with Gasteiger partial charge in [-0.1, -0.05) is 11.6 Å². The summed E-state index contributed by atoms with van der Waals surface area (Å²) in [5.41, 5.74) is 5.69. The van der Waals surface area contributed by atoms with Crippen molar-refractivity contribution >= 4 is 11.6 Å². The Bertz CT molecular complexity index is 382. The highest BCUT2D eigenvalue weighted by atomic mass is 35.5. The van der Waals surface area contributed by atoms with Gasteiger partial charge < -0.3 is 15.2 Å². The molecule has 114 valence electrons. The quantitative estimate of drug-likeness (QED) is 0.905. The maximum absolute atomic E-state index is 6.05. The van der Waals surface area contributed by atoms with E-state index in [4.69, 9.17) is 21.1 Å². The van der Waals surface area contributed by atoms with E-state index in [1.165, 1.54) is 12.6 Å². The van der Waals surface area contributed by atoms with Crippen LogP contribution in [0.4, 0.5) is 0 Å². The van der Waals surface area contributed by atoms with Gasteiger partial charge in [-0.2, -0.15) is 0 Å². The van der Waals surface area contributed by atoms with E-state index < -0.39 is 0 Å². The normalized spacial score (nSPS) is 15.4. The molecule has 0 spiro atoms. The van der Waals surface area contributed by atoms with Gasteiger partial charge >= 0.3 is 0 Å². The van der Waals surface area contributed by atoms with Crippen LogP contribution in [0.3, 0.4) is 0 Å². The van der Waals surface area contributed by atoms with Gasteiger partial charge in [-0.3, -0.25) is 4.90 Å². The predicted molar refractivity (Wildman–Crippen MR) is 83.7 cm³/mol. The Morgan fingerprint density at radius 1 is 1.30 bits per heavy atom. The number of hydrogen-bond acceptors (Lipinski definition) is 4. The van der Waals surface area contributed by atoms with E-state index in [0.717, 1.165) is 50.0 Å². The zero-order valence-electron chi connectivity index (χ0n) is 12.4. The Balaban J connectivity index is 0.000000956. The van der Waals surface area contributed by atoms with Gasteiger partial charge in [0.25, 0.3) is 0 Å². The molecule has 2 N–H and O–H groups in total. The second-order valence-corrected chi connectivity index (χ2v) is 4.83. The largest absolute Gasteiger partial charge is 0.494 e. The minimum absolute atomic E-state index is 0.687. The lowest BCUT2D eigenvalue weighted by Crippen LogP contribution is -2.37. The lowest BCUT2D eigenvalue weighted by molar-refractivity contribution is 0.0384. The average Bonchev–Trinajstić information content (AvgIpc) is 2.51. The van der Waals surface area contributed by atoms with Crippen LogP contribution in [0.1, 0.15) is 12.5 Å². The summed E-state index contributed by atoms with van der Waals surface area (Å²) in [4.78, 5) is 2.42. The van der Waals surface area contributed by atoms with E-state index in [1.54, 1.807) is 0 Å². The van der Waals surface area contributed by atoms with Gasteiger partial charge in [0.1, 0.15) is 5.75 Å². The highest BCUT2D eigenvalue weighted by Gasteiger charge is 2.11. The second-order valence-electron chi connectivity index (χ2n) is 4.39. The molecule has 1 aliphatic heterocycles. The van der Waals surface area contributed by atoms with Gasteiger partial charge in [-0.15, -0.1) is 0 Å². The number of ether oxygens (including phenoxy) is 2. The van der Waals surface area contributed by atoms with Crippen molar-refractivity contribution in [1.82, 2.24) is 4.90 Å². The topological polar surface area (TPSA) is 47.7 Å². The molecule has 5 heteroatoms. The SMILES string of the molecule is CCOc1ccc(Cl)cc1CCN1CCOCC1.CN. The van der Waals surface area contributed by atoms with Gasteiger partial charge in [0.05, 0.1) is 19.8 Å². The molecule has 20 heavy (non-hydrogen) atoms. The molecule has 0 amide bonds. The third kappa shape index (κ3) is 5.67. The molecule has 1 saturated heterocycles. The van der Waals surface area contributed by atoms with E-state index in [9.17, 15) is 0 Å². The monoisotopic (exact) mass is 300 g/mol. The number of nitrogens with zero attached hydrogens (tertiary/aromatic N) is 1. The van der Waals surface area contributed by atoms with Crippen LogP contribution in [0.2, 0.25) is 5.02 Å². The van der Waals surface area contributed by atoms with Crippen molar-refractivity contribution in [3.63, 3.8) is 0 Å². The van der Waals surface area contributed by atoms with Gasteiger partial charge in [0, 0.05) is 24.7 Å². The van der Waals surface area contributed by atoms with Crippen molar-refractivity contribution in [3.8, 4) is 5.75 Å². The van der Waals surface area contributed by atoms with Crippen LogP contribution in [0, 0.1) is 0 Å². The lowest BCUT2D eigenvalue weighted by atomic mass is 10.1. The molecule has 0 atom stereocenters. The van der Waals surface area contributed by atoms with Crippen molar-refractivity contribution in [2.24, 2.45) is 5.73 Å². The summed E-state index contributed by atoms with van der Waals surface area (Å²) >= 11 is 6.05. The molecule has 1 aliphatic rings. The van der Waals surface area contributed by atoms with Crippen molar-refractivity contribution in [2.75, 3.05) is 46.5 Å². The fraction of sp³-hybridized carbons (Fsp3) is 0.600. The Morgan fingerprint density at radius 2 is 2.00 bits per heavy atom. The summed E-state index contributed by atoms with van der Waals surface area (Å²) in [5.74, 6) is 0.954. The van der Waals surface area contributed by atoms with E-state index in [0.29, 0.717) is 6.61 Å². The summed E-state index contributed by atoms with van der Waals surface area (Å²) in [6.07, 6.45) is 0.968. The fourth-order valence-corrected chi connectivity index (χ4v) is 2.34. The number of morpholine rings is 1. The summed E-state index contributed by atoms with van der Waals surface area (Å²) in [5, 5.41) is 0.774. The fourth-order valence-electron chi connectivity index (χ4n) is 2.14. The molecule has 4 nitrogen and oxygen atoms in total. The van der Waals surface area contributed by atoms with Crippen LogP contribution in [-0.2, 0) is 11.2 Å². The molecular weight excluding hydrogens is 276 g/mol. The van der Waals surface area contributed by atoms with Crippen LogP contribution in [0.15, 0.2) is 18.2 Å². The number of benzene rings is 1. The van der Waals surface area contributed by atoms with E-state index >= 15 is 0 Å². The van der Waals surface area contributed by atoms with E-state index in [2.05, 4.69) is 10.6 Å². The molecule has 1 aromatic rings. The first-order valence-electron chi connectivity index (χ1n) is 7.08. The molecule has 0 radical (unpaired) electrons. The standard InChI is InChI=1S/C14H20ClNO2.CH5N/c1-2-18-14-4-3-13(15)11-12(14)5-6-16-7-9-17-10-8-16;1-2/h3-4,11H,2,5-10H2,1H3;2H2,1H3. The molecule has 1 aromatic carbocycles. The smallest absolute Gasteiger partial charge is 0.122 e. The molecule has 1 fully saturated rings. The maximum Gasteiger partial charge on any atom is 0.122 e. The Labute approximate surface area is 126 Å². The molecule has 0 saturated carbocycles. The van der Waals surface area contributed by atoms with Crippen LogP contribution >= 0.6 is 11.6 Å². The van der Waals surface area contributed by atoms with E-state index in [-0.39, 0.29) is 0 Å². The van der Waals surface area contributed by atoms with E-state index in [1.807, 2.05) is 25.1 Å². The first-order chi connectivity index (χ1) is 9.79. The Hall–Kier alpha value is -0.810. The minimum Gasteiger partial charge on any atom is -0.494 e. The van der Waals surface area contributed by atoms with Crippen LogP contribution in [-0.4, -0.2) is 51.4 Å². The van der Waals surface area contributed by atoms with Crippen molar-refractivity contribution in [2.45, 2.75) is 13.3 Å². The molecule has 0 aromatic heterocycles. The summed E-state index contributed by atoms with van der Waals surface area (Å²) in [7, 11) is 1.50. The summed E-state index contributed by atoms with van der Waals surface area (Å²) in [6, 6.07) is 5.85. The first kappa shape index (κ1) is 17.2. The van der Waals surface area contributed by atoms with Gasteiger partial charge in [0.2, 0.25) is 0 Å². The molecule has 0 unspecified atom stereocenters. The number of nitrogens with two attached hydrogens (primary N) is 1. The number of hydrogen-bond donors (Lipinski definition) is 1. The predicted octanol–water partition coefficient (Wildman–Crippen LogP) is 2.19. The van der Waals surface area contributed by atoms with Crippen LogP contribution in [0.25, 0.3) is 0 Å². The van der Waals surface area contributed by atoms with Crippen LogP contribution in [0.5, 0.6) is 5.75 Å². The molecule has 1 heterocycles. The molecule has 2 rings (SSSR count). The first-order valence-corrected chi connectivity index (χ1v) is 7.46. The third-order valence-electron chi connectivity index (χ3n) is 3.12. The van der Waals surface area contributed by atoms with Gasteiger partial charge in [-0.25, -0.2) is 0 Å². The molecule has 0 aliphatic carbocycles.